The Hall–Kier alpha value is -1.58. The van der Waals surface area contributed by atoms with Crippen LogP contribution in [0.5, 0.6) is 5.88 Å². The molecule has 1 aromatic heterocycles. The van der Waals surface area contributed by atoms with E-state index in [9.17, 15) is 4.79 Å². The molecule has 1 amide bonds. The van der Waals surface area contributed by atoms with Crippen LogP contribution in [0.15, 0.2) is 24.4 Å². The first-order valence-electron chi connectivity index (χ1n) is 12.0. The molecule has 1 spiro atoms. The Balaban J connectivity index is 1.04. The highest BCUT2D eigenvalue weighted by molar-refractivity contribution is 5.84. The van der Waals surface area contributed by atoms with Gasteiger partial charge in [0.2, 0.25) is 11.8 Å². The number of pyridine rings is 1. The van der Waals surface area contributed by atoms with Gasteiger partial charge in [-0.25, -0.2) is 4.98 Å². The fraction of sp³-hybridized carbons (Fsp3) is 0.760. The summed E-state index contributed by atoms with van der Waals surface area (Å²) in [7, 11) is 0. The fourth-order valence-corrected chi connectivity index (χ4v) is 8.48. The van der Waals surface area contributed by atoms with Crippen molar-refractivity contribution in [2.75, 3.05) is 19.7 Å². The normalized spacial score (nSPS) is 40.4. The summed E-state index contributed by atoms with van der Waals surface area (Å²) in [4.78, 5) is 20.2. The number of hydrogen-bond donors (Lipinski definition) is 0. The highest BCUT2D eigenvalue weighted by Crippen LogP contribution is 2.74. The third-order valence-electron chi connectivity index (χ3n) is 9.32. The molecule has 156 valence electrons. The minimum atomic E-state index is 0.0217. The van der Waals surface area contributed by atoms with Gasteiger partial charge < -0.3 is 9.64 Å². The van der Waals surface area contributed by atoms with Crippen molar-refractivity contribution in [1.82, 2.24) is 9.88 Å². The van der Waals surface area contributed by atoms with Crippen LogP contribution in [0.2, 0.25) is 0 Å². The number of carbonyl (C=O) groups is 1. The number of rotatable bonds is 5. The predicted octanol–water partition coefficient (Wildman–Crippen LogP) is 4.70. The molecule has 4 bridgehead atoms. The van der Waals surface area contributed by atoms with E-state index in [1.54, 1.807) is 6.20 Å². The Morgan fingerprint density at radius 3 is 2.79 bits per heavy atom. The number of amides is 1. The second-order valence-electron chi connectivity index (χ2n) is 11.1. The summed E-state index contributed by atoms with van der Waals surface area (Å²) in [6.45, 7) is 2.65. The summed E-state index contributed by atoms with van der Waals surface area (Å²) in [6, 6.07) is 5.79. The lowest BCUT2D eigenvalue weighted by molar-refractivity contribution is -0.148. The first-order valence-corrected chi connectivity index (χ1v) is 12.0. The molecular formula is C25H34N2O2. The Kier molecular flexibility index (Phi) is 4.22. The van der Waals surface area contributed by atoms with Crippen molar-refractivity contribution in [3.8, 4) is 5.88 Å². The number of likely N-dealkylation sites (tertiary alicyclic amines) is 1. The van der Waals surface area contributed by atoms with Crippen molar-refractivity contribution in [1.29, 1.82) is 0 Å². The van der Waals surface area contributed by atoms with E-state index in [0.29, 0.717) is 17.2 Å². The molecule has 1 aliphatic heterocycles. The maximum Gasteiger partial charge on any atom is 0.228 e. The topological polar surface area (TPSA) is 42.4 Å². The number of aromatic nitrogens is 1. The van der Waals surface area contributed by atoms with Crippen molar-refractivity contribution < 1.29 is 9.53 Å². The van der Waals surface area contributed by atoms with E-state index < -0.39 is 0 Å². The minimum Gasteiger partial charge on any atom is -0.478 e. The summed E-state index contributed by atoms with van der Waals surface area (Å²) in [5.74, 6) is 4.64. The largest absolute Gasteiger partial charge is 0.478 e. The number of nitrogens with zero attached hydrogens (tertiary/aromatic N) is 2. The zero-order valence-corrected chi connectivity index (χ0v) is 17.5. The third-order valence-corrected chi connectivity index (χ3v) is 9.32. The van der Waals surface area contributed by atoms with Crippen LogP contribution in [0.25, 0.3) is 0 Å². The summed E-state index contributed by atoms with van der Waals surface area (Å²) in [5, 5.41) is 0. The predicted molar refractivity (Wildman–Crippen MR) is 111 cm³/mol. The van der Waals surface area contributed by atoms with E-state index in [0.717, 1.165) is 62.6 Å². The Morgan fingerprint density at radius 1 is 1.10 bits per heavy atom. The van der Waals surface area contributed by atoms with Gasteiger partial charge in [0.05, 0.1) is 12.0 Å². The van der Waals surface area contributed by atoms with E-state index >= 15 is 0 Å². The zero-order chi connectivity index (χ0) is 19.5. The Morgan fingerprint density at radius 2 is 1.97 bits per heavy atom. The number of hydrogen-bond acceptors (Lipinski definition) is 3. The Bertz CT molecular complexity index is 774. The van der Waals surface area contributed by atoms with Crippen LogP contribution in [0.4, 0.5) is 0 Å². The van der Waals surface area contributed by atoms with E-state index in [2.05, 4.69) is 9.88 Å². The van der Waals surface area contributed by atoms with Gasteiger partial charge in [-0.2, -0.15) is 0 Å². The lowest BCUT2D eigenvalue weighted by atomic mass is 9.58. The maximum absolute atomic E-state index is 13.7. The molecule has 4 saturated carbocycles. The number of piperidine rings is 1. The molecule has 0 aromatic carbocycles. The van der Waals surface area contributed by atoms with E-state index in [4.69, 9.17) is 4.74 Å². The van der Waals surface area contributed by atoms with E-state index in [1.165, 1.54) is 44.9 Å². The molecule has 2 unspecified atom stereocenters. The first-order chi connectivity index (χ1) is 14.1. The van der Waals surface area contributed by atoms with Crippen LogP contribution >= 0.6 is 0 Å². The second-order valence-corrected chi connectivity index (χ2v) is 11.1. The van der Waals surface area contributed by atoms with Crippen LogP contribution in [0.3, 0.4) is 0 Å². The van der Waals surface area contributed by atoms with Gasteiger partial charge in [-0.15, -0.1) is 0 Å². The van der Waals surface area contributed by atoms with Crippen LogP contribution in [0, 0.1) is 34.5 Å². The van der Waals surface area contributed by atoms with Gasteiger partial charge in [0.15, 0.2) is 0 Å². The van der Waals surface area contributed by atoms with Crippen LogP contribution in [-0.4, -0.2) is 35.5 Å². The van der Waals surface area contributed by atoms with Gasteiger partial charge in [0.25, 0.3) is 0 Å². The molecular weight excluding hydrogens is 360 g/mol. The summed E-state index contributed by atoms with van der Waals surface area (Å²) in [5.41, 5.74) is 0.594. The molecule has 4 heteroatoms. The van der Waals surface area contributed by atoms with Crippen molar-refractivity contribution in [2.45, 2.75) is 64.2 Å². The molecule has 4 nitrogen and oxygen atoms in total. The third kappa shape index (κ3) is 3.00. The number of ether oxygens (including phenoxy) is 1. The monoisotopic (exact) mass is 394 g/mol. The second kappa shape index (κ2) is 6.72. The van der Waals surface area contributed by atoms with Gasteiger partial charge in [-0.05, 0) is 99.4 Å². The SMILES string of the molecule is O=C(N1CCC(CCOc2ccccn2)CC1)[C@]12CC3C[C@@H]4C[C@@H](CC3(C4)C1)C2. The Labute approximate surface area is 174 Å². The molecule has 5 aliphatic rings. The molecule has 1 aromatic rings. The highest BCUT2D eigenvalue weighted by atomic mass is 16.5. The van der Waals surface area contributed by atoms with Gasteiger partial charge in [-0.1, -0.05) is 6.07 Å². The lowest BCUT2D eigenvalue weighted by Crippen LogP contribution is -2.50. The molecule has 6 rings (SSSR count). The first kappa shape index (κ1) is 18.2. The van der Waals surface area contributed by atoms with Crippen LogP contribution in [0.1, 0.15) is 64.2 Å². The standard InChI is InChI=1S/C25H34N2O2/c28-23(25-15-20-11-19-12-21(16-25)24(13-19,14-20)17-25)27-8-4-18(5-9-27)6-10-29-22-3-1-2-7-26-22/h1-3,7,18-21H,4-6,8-17H2/t19-,20-,21?,24?,25+/m0/s1. The van der Waals surface area contributed by atoms with Gasteiger partial charge in [-0.3, -0.25) is 4.79 Å². The van der Waals surface area contributed by atoms with E-state index in [-0.39, 0.29) is 5.41 Å². The molecule has 5 fully saturated rings. The summed E-state index contributed by atoms with van der Waals surface area (Å²) in [6.07, 6.45) is 14.5. The quantitative estimate of drug-likeness (QED) is 0.727. The van der Waals surface area contributed by atoms with Crippen molar-refractivity contribution >= 4 is 5.91 Å². The average Bonchev–Trinajstić information content (AvgIpc) is 3.11. The summed E-state index contributed by atoms with van der Waals surface area (Å²) >= 11 is 0. The van der Waals surface area contributed by atoms with Crippen molar-refractivity contribution in [3.05, 3.63) is 24.4 Å². The molecule has 4 aliphatic carbocycles. The zero-order valence-electron chi connectivity index (χ0n) is 17.5. The van der Waals surface area contributed by atoms with Gasteiger partial charge in [0, 0.05) is 25.4 Å². The molecule has 1 saturated heterocycles. The fourth-order valence-electron chi connectivity index (χ4n) is 8.48. The molecule has 2 heterocycles. The minimum absolute atomic E-state index is 0.0217. The maximum atomic E-state index is 13.7. The smallest absolute Gasteiger partial charge is 0.228 e. The van der Waals surface area contributed by atoms with Crippen molar-refractivity contribution in [3.63, 3.8) is 0 Å². The van der Waals surface area contributed by atoms with Crippen molar-refractivity contribution in [2.24, 2.45) is 34.5 Å². The lowest BCUT2D eigenvalue weighted by Gasteiger charge is -2.48. The average molecular weight is 395 g/mol. The van der Waals surface area contributed by atoms with Gasteiger partial charge in [0.1, 0.15) is 0 Å². The number of fused-ring (bicyclic) bond motifs is 3. The molecule has 0 radical (unpaired) electrons. The van der Waals surface area contributed by atoms with Crippen LogP contribution < -0.4 is 4.74 Å². The number of carbonyl (C=O) groups excluding carboxylic acids is 1. The van der Waals surface area contributed by atoms with E-state index in [1.807, 2.05) is 18.2 Å². The summed E-state index contributed by atoms with van der Waals surface area (Å²) < 4.78 is 5.78. The van der Waals surface area contributed by atoms with Crippen LogP contribution in [-0.2, 0) is 4.79 Å². The molecule has 5 atom stereocenters. The van der Waals surface area contributed by atoms with Gasteiger partial charge >= 0.3 is 0 Å². The molecule has 29 heavy (non-hydrogen) atoms. The highest BCUT2D eigenvalue weighted by Gasteiger charge is 2.67. The molecule has 0 N–H and O–H groups in total.